The lowest BCUT2D eigenvalue weighted by atomic mass is 9.97. The van der Waals surface area contributed by atoms with Gasteiger partial charge in [-0.15, -0.1) is 10.2 Å². The summed E-state index contributed by atoms with van der Waals surface area (Å²) in [5.74, 6) is 1.12. The smallest absolute Gasteiger partial charge is 0.243 e. The molecule has 0 atom stereocenters. The normalized spacial score (nSPS) is 16.1. The van der Waals surface area contributed by atoms with Gasteiger partial charge in [0.05, 0.1) is 12.0 Å². The van der Waals surface area contributed by atoms with Gasteiger partial charge in [0.1, 0.15) is 5.75 Å². The van der Waals surface area contributed by atoms with Gasteiger partial charge in [0, 0.05) is 19.0 Å². The standard InChI is InChI=1S/C17H22N4O4S3/c1-3-26-17-20-19-16(27-17)18-15(22)12-8-10-21(11-9-12)28(23,24)14-6-4-13(25-2)5-7-14/h4-7,12H,3,8-11H2,1-2H3,(H,18,19,22). The number of nitrogens with one attached hydrogen (secondary N) is 1. The van der Waals surface area contributed by atoms with Crippen LogP contribution in [0.3, 0.4) is 0 Å². The van der Waals surface area contributed by atoms with E-state index in [4.69, 9.17) is 4.74 Å². The van der Waals surface area contributed by atoms with Crippen LogP contribution < -0.4 is 10.1 Å². The molecule has 1 aromatic carbocycles. The monoisotopic (exact) mass is 442 g/mol. The summed E-state index contributed by atoms with van der Waals surface area (Å²) in [7, 11) is -2.04. The van der Waals surface area contributed by atoms with Crippen molar-refractivity contribution in [2.75, 3.05) is 31.3 Å². The predicted molar refractivity (Wildman–Crippen MR) is 109 cm³/mol. The van der Waals surface area contributed by atoms with Crippen LogP contribution in [0.4, 0.5) is 5.13 Å². The van der Waals surface area contributed by atoms with Crippen molar-refractivity contribution in [1.82, 2.24) is 14.5 Å². The van der Waals surface area contributed by atoms with E-state index in [1.807, 2.05) is 6.92 Å². The number of benzene rings is 1. The molecule has 2 heterocycles. The second kappa shape index (κ2) is 9.21. The third-order valence-corrected chi connectivity index (χ3v) is 8.19. The number of hydrogen-bond donors (Lipinski definition) is 1. The Hall–Kier alpha value is -1.69. The largest absolute Gasteiger partial charge is 0.497 e. The SMILES string of the molecule is CCSc1nnc(NC(=O)C2CCN(S(=O)(=O)c3ccc(OC)cc3)CC2)s1. The van der Waals surface area contributed by atoms with E-state index in [0.717, 1.165) is 10.1 Å². The van der Waals surface area contributed by atoms with E-state index in [1.54, 1.807) is 23.9 Å². The molecule has 1 aliphatic rings. The number of aromatic nitrogens is 2. The molecule has 3 rings (SSSR count). The molecule has 0 aliphatic carbocycles. The summed E-state index contributed by atoms with van der Waals surface area (Å²) in [6, 6.07) is 6.32. The van der Waals surface area contributed by atoms with Crippen LogP contribution in [0, 0.1) is 5.92 Å². The summed E-state index contributed by atoms with van der Waals surface area (Å²) in [5, 5.41) is 11.3. The lowest BCUT2D eigenvalue weighted by Crippen LogP contribution is -2.41. The fourth-order valence-corrected chi connectivity index (χ4v) is 6.03. The van der Waals surface area contributed by atoms with Gasteiger partial charge in [-0.1, -0.05) is 30.0 Å². The van der Waals surface area contributed by atoms with Crippen LogP contribution in [0.1, 0.15) is 19.8 Å². The molecule has 0 radical (unpaired) electrons. The minimum absolute atomic E-state index is 0.134. The van der Waals surface area contributed by atoms with E-state index in [1.165, 1.54) is 34.9 Å². The quantitative estimate of drug-likeness (QED) is 0.520. The number of anilines is 1. The number of methoxy groups -OCH3 is 1. The van der Waals surface area contributed by atoms with Crippen molar-refractivity contribution in [1.29, 1.82) is 0 Å². The topological polar surface area (TPSA) is 101 Å². The summed E-state index contributed by atoms with van der Waals surface area (Å²) < 4.78 is 32.9. The number of hydrogen-bond acceptors (Lipinski definition) is 8. The maximum atomic E-state index is 12.8. The number of carbonyl (C=O) groups excluding carboxylic acids is 1. The Balaban J connectivity index is 1.57. The third kappa shape index (κ3) is 4.83. The van der Waals surface area contributed by atoms with Crippen molar-refractivity contribution in [3.63, 3.8) is 0 Å². The fourth-order valence-electron chi connectivity index (χ4n) is 2.90. The maximum absolute atomic E-state index is 12.8. The summed E-state index contributed by atoms with van der Waals surface area (Å²) in [6.45, 7) is 2.64. The van der Waals surface area contributed by atoms with E-state index >= 15 is 0 Å². The minimum Gasteiger partial charge on any atom is -0.497 e. The molecule has 1 N–H and O–H groups in total. The van der Waals surface area contributed by atoms with Crippen LogP contribution >= 0.6 is 23.1 Å². The van der Waals surface area contributed by atoms with Crippen LogP contribution in [0.15, 0.2) is 33.5 Å². The van der Waals surface area contributed by atoms with Crippen molar-refractivity contribution < 1.29 is 17.9 Å². The molecular weight excluding hydrogens is 420 g/mol. The van der Waals surface area contributed by atoms with Crippen molar-refractivity contribution in [3.05, 3.63) is 24.3 Å². The minimum atomic E-state index is -3.57. The molecule has 8 nitrogen and oxygen atoms in total. The number of ether oxygens (including phenoxy) is 1. The van der Waals surface area contributed by atoms with Crippen LogP contribution in [0.5, 0.6) is 5.75 Å². The van der Waals surface area contributed by atoms with Gasteiger partial charge in [-0.05, 0) is 42.9 Å². The zero-order valence-electron chi connectivity index (χ0n) is 15.6. The van der Waals surface area contributed by atoms with E-state index in [2.05, 4.69) is 15.5 Å². The number of carbonyl (C=O) groups is 1. The van der Waals surface area contributed by atoms with Crippen LogP contribution in [-0.4, -0.2) is 54.8 Å². The van der Waals surface area contributed by atoms with Gasteiger partial charge in [-0.3, -0.25) is 4.79 Å². The third-order valence-electron chi connectivity index (χ3n) is 4.43. The summed E-state index contributed by atoms with van der Waals surface area (Å²) in [4.78, 5) is 12.7. The molecule has 0 saturated carbocycles. The van der Waals surface area contributed by atoms with Crippen LogP contribution in [-0.2, 0) is 14.8 Å². The van der Waals surface area contributed by atoms with Gasteiger partial charge in [0.15, 0.2) is 4.34 Å². The van der Waals surface area contributed by atoms with E-state index in [9.17, 15) is 13.2 Å². The second-order valence-electron chi connectivity index (χ2n) is 6.15. The molecule has 1 aliphatic heterocycles. The second-order valence-corrected chi connectivity index (χ2v) is 10.6. The molecule has 1 fully saturated rings. The van der Waals surface area contributed by atoms with Gasteiger partial charge in [0.25, 0.3) is 0 Å². The first-order valence-electron chi connectivity index (χ1n) is 8.85. The Labute approximate surface area is 172 Å². The molecule has 0 bridgehead atoms. The molecular formula is C17H22N4O4S3. The van der Waals surface area contributed by atoms with Gasteiger partial charge in [-0.25, -0.2) is 8.42 Å². The highest BCUT2D eigenvalue weighted by Crippen LogP contribution is 2.28. The first kappa shape index (κ1) is 21.0. The number of amides is 1. The Kier molecular flexibility index (Phi) is 6.91. The van der Waals surface area contributed by atoms with Crippen molar-refractivity contribution >= 4 is 44.2 Å². The summed E-state index contributed by atoms with van der Waals surface area (Å²) >= 11 is 2.92. The Morgan fingerprint density at radius 1 is 1.29 bits per heavy atom. The highest BCUT2D eigenvalue weighted by atomic mass is 32.2. The van der Waals surface area contributed by atoms with Gasteiger partial charge < -0.3 is 10.1 Å². The van der Waals surface area contributed by atoms with Crippen molar-refractivity contribution in [2.45, 2.75) is 29.0 Å². The lowest BCUT2D eigenvalue weighted by Gasteiger charge is -2.30. The maximum Gasteiger partial charge on any atom is 0.243 e. The van der Waals surface area contributed by atoms with Crippen LogP contribution in [0.2, 0.25) is 0 Å². The van der Waals surface area contributed by atoms with Crippen LogP contribution in [0.25, 0.3) is 0 Å². The Morgan fingerprint density at radius 2 is 1.96 bits per heavy atom. The van der Waals surface area contributed by atoms with Gasteiger partial charge in [0.2, 0.25) is 21.1 Å². The number of rotatable bonds is 7. The highest BCUT2D eigenvalue weighted by molar-refractivity contribution is 8.01. The Morgan fingerprint density at radius 3 is 2.57 bits per heavy atom. The first-order chi connectivity index (χ1) is 13.4. The molecule has 2 aromatic rings. The van der Waals surface area contributed by atoms with Crippen molar-refractivity contribution in [2.24, 2.45) is 5.92 Å². The molecule has 0 spiro atoms. The molecule has 0 unspecified atom stereocenters. The fraction of sp³-hybridized carbons (Fsp3) is 0.471. The molecule has 1 aromatic heterocycles. The average Bonchev–Trinajstić information content (AvgIpc) is 3.15. The molecule has 28 heavy (non-hydrogen) atoms. The first-order valence-corrected chi connectivity index (χ1v) is 12.1. The van der Waals surface area contributed by atoms with Gasteiger partial charge in [-0.2, -0.15) is 4.31 Å². The summed E-state index contributed by atoms with van der Waals surface area (Å²) in [5.41, 5.74) is 0. The predicted octanol–water partition coefficient (Wildman–Crippen LogP) is 2.70. The number of sulfonamides is 1. The Bertz CT molecular complexity index is 907. The molecule has 1 saturated heterocycles. The number of piperidine rings is 1. The van der Waals surface area contributed by atoms with E-state index in [0.29, 0.717) is 36.8 Å². The molecule has 152 valence electrons. The summed E-state index contributed by atoms with van der Waals surface area (Å²) in [6.07, 6.45) is 0.938. The zero-order valence-corrected chi connectivity index (χ0v) is 18.1. The number of nitrogens with zero attached hydrogens (tertiary/aromatic N) is 3. The van der Waals surface area contributed by atoms with E-state index in [-0.39, 0.29) is 16.7 Å². The molecule has 1 amide bonds. The zero-order chi connectivity index (χ0) is 20.1. The van der Waals surface area contributed by atoms with Crippen molar-refractivity contribution in [3.8, 4) is 5.75 Å². The average molecular weight is 443 g/mol. The number of thioether (sulfide) groups is 1. The highest BCUT2D eigenvalue weighted by Gasteiger charge is 2.32. The van der Waals surface area contributed by atoms with Gasteiger partial charge >= 0.3 is 0 Å². The lowest BCUT2D eigenvalue weighted by molar-refractivity contribution is -0.120. The molecule has 11 heteroatoms. The van der Waals surface area contributed by atoms with E-state index < -0.39 is 10.0 Å².